The highest BCUT2D eigenvalue weighted by molar-refractivity contribution is 6.33. The summed E-state index contributed by atoms with van der Waals surface area (Å²) in [6.45, 7) is 5.85. The summed E-state index contributed by atoms with van der Waals surface area (Å²) < 4.78 is 0. The quantitative estimate of drug-likeness (QED) is 0.673. The molecule has 0 aliphatic carbocycles. The number of carbonyl (C=O) groups excluding carboxylic acids is 1. The van der Waals surface area contributed by atoms with Gasteiger partial charge in [0.15, 0.2) is 0 Å². The van der Waals surface area contributed by atoms with Crippen LogP contribution in [0, 0.1) is 15.5 Å². The molecule has 98 valence electrons. The number of nitrogens with one attached hydrogen (secondary N) is 1. The van der Waals surface area contributed by atoms with Crippen molar-refractivity contribution in [3.05, 3.63) is 33.3 Å². The van der Waals surface area contributed by atoms with Crippen molar-refractivity contribution in [1.82, 2.24) is 0 Å². The Morgan fingerprint density at radius 1 is 1.44 bits per heavy atom. The number of anilines is 1. The van der Waals surface area contributed by atoms with Gasteiger partial charge in [0.2, 0.25) is 5.91 Å². The zero-order valence-corrected chi connectivity index (χ0v) is 11.2. The molecule has 0 spiro atoms. The molecule has 0 aromatic heterocycles. The third-order valence-corrected chi connectivity index (χ3v) is 2.44. The van der Waals surface area contributed by atoms with Crippen molar-refractivity contribution in [3.63, 3.8) is 0 Å². The van der Waals surface area contributed by atoms with Gasteiger partial charge in [-0.15, -0.1) is 0 Å². The van der Waals surface area contributed by atoms with Crippen LogP contribution in [-0.4, -0.2) is 10.8 Å². The summed E-state index contributed by atoms with van der Waals surface area (Å²) >= 11 is 5.87. The second-order valence-corrected chi connectivity index (χ2v) is 5.61. The monoisotopic (exact) mass is 270 g/mol. The molecule has 0 atom stereocenters. The van der Waals surface area contributed by atoms with Crippen LogP contribution in [0.3, 0.4) is 0 Å². The van der Waals surface area contributed by atoms with Crippen LogP contribution in [-0.2, 0) is 4.79 Å². The molecule has 5 nitrogen and oxygen atoms in total. The number of amides is 1. The topological polar surface area (TPSA) is 72.2 Å². The maximum Gasteiger partial charge on any atom is 0.271 e. The van der Waals surface area contributed by atoms with Gasteiger partial charge in [-0.1, -0.05) is 32.4 Å². The highest BCUT2D eigenvalue weighted by atomic mass is 35.5. The number of benzene rings is 1. The number of nitrogens with zero attached hydrogens (tertiary/aromatic N) is 1. The number of hydrogen-bond donors (Lipinski definition) is 1. The normalized spacial score (nSPS) is 11.1. The Kier molecular flexibility index (Phi) is 4.29. The zero-order valence-electron chi connectivity index (χ0n) is 10.5. The molecule has 1 amide bonds. The fourth-order valence-electron chi connectivity index (χ4n) is 1.40. The van der Waals surface area contributed by atoms with Crippen molar-refractivity contribution >= 4 is 28.9 Å². The number of nitro groups is 1. The second kappa shape index (κ2) is 5.35. The van der Waals surface area contributed by atoms with Gasteiger partial charge in [-0.3, -0.25) is 14.9 Å². The van der Waals surface area contributed by atoms with E-state index in [0.29, 0.717) is 12.1 Å². The lowest BCUT2D eigenvalue weighted by atomic mass is 9.92. The van der Waals surface area contributed by atoms with E-state index >= 15 is 0 Å². The molecule has 0 aliphatic rings. The fourth-order valence-corrected chi connectivity index (χ4v) is 1.62. The van der Waals surface area contributed by atoms with Crippen LogP contribution in [0.4, 0.5) is 11.4 Å². The Labute approximate surface area is 110 Å². The first-order valence-corrected chi connectivity index (χ1v) is 5.80. The van der Waals surface area contributed by atoms with E-state index in [1.165, 1.54) is 18.2 Å². The van der Waals surface area contributed by atoms with Gasteiger partial charge in [-0.05, 0) is 11.5 Å². The molecular weight excluding hydrogens is 256 g/mol. The van der Waals surface area contributed by atoms with E-state index in [1.807, 2.05) is 20.8 Å². The van der Waals surface area contributed by atoms with E-state index in [2.05, 4.69) is 5.32 Å². The zero-order chi connectivity index (χ0) is 13.9. The third-order valence-electron chi connectivity index (χ3n) is 2.13. The number of halogens is 1. The van der Waals surface area contributed by atoms with Crippen LogP contribution >= 0.6 is 11.6 Å². The first kappa shape index (κ1) is 14.4. The predicted octanol–water partition coefficient (Wildman–Crippen LogP) is 3.62. The average molecular weight is 271 g/mol. The van der Waals surface area contributed by atoms with E-state index in [9.17, 15) is 14.9 Å². The fraction of sp³-hybridized carbons (Fsp3) is 0.417. The van der Waals surface area contributed by atoms with Gasteiger partial charge in [0.1, 0.15) is 0 Å². The van der Waals surface area contributed by atoms with Gasteiger partial charge in [0, 0.05) is 18.6 Å². The summed E-state index contributed by atoms with van der Waals surface area (Å²) in [6, 6.07) is 3.95. The minimum absolute atomic E-state index is 0.103. The standard InChI is InChI=1S/C12H15ClN2O3/c1-12(2,3)7-11(16)14-10-5-4-8(15(17)18)6-9(10)13/h4-6H,7H2,1-3H3,(H,14,16). The molecule has 1 N–H and O–H groups in total. The first-order valence-electron chi connectivity index (χ1n) is 5.43. The van der Waals surface area contributed by atoms with Crippen molar-refractivity contribution < 1.29 is 9.72 Å². The second-order valence-electron chi connectivity index (χ2n) is 5.21. The molecule has 0 radical (unpaired) electrons. The molecule has 0 saturated heterocycles. The van der Waals surface area contributed by atoms with Crippen LogP contribution < -0.4 is 5.32 Å². The number of carbonyl (C=O) groups is 1. The molecule has 0 heterocycles. The smallest absolute Gasteiger partial charge is 0.271 e. The lowest BCUT2D eigenvalue weighted by molar-refractivity contribution is -0.384. The van der Waals surface area contributed by atoms with Crippen LogP contribution in [0.2, 0.25) is 5.02 Å². The van der Waals surface area contributed by atoms with Crippen molar-refractivity contribution in [2.45, 2.75) is 27.2 Å². The lowest BCUT2D eigenvalue weighted by Gasteiger charge is -2.17. The summed E-state index contributed by atoms with van der Waals surface area (Å²) in [5.74, 6) is -0.168. The Hall–Kier alpha value is -1.62. The lowest BCUT2D eigenvalue weighted by Crippen LogP contribution is -2.19. The molecule has 1 aromatic rings. The van der Waals surface area contributed by atoms with Crippen molar-refractivity contribution in [2.75, 3.05) is 5.32 Å². The van der Waals surface area contributed by atoms with Crippen molar-refractivity contribution in [2.24, 2.45) is 5.41 Å². The minimum Gasteiger partial charge on any atom is -0.325 e. The van der Waals surface area contributed by atoms with E-state index < -0.39 is 4.92 Å². The Morgan fingerprint density at radius 2 is 2.06 bits per heavy atom. The average Bonchev–Trinajstić information content (AvgIpc) is 2.17. The Bertz CT molecular complexity index is 481. The van der Waals surface area contributed by atoms with Crippen LogP contribution in [0.25, 0.3) is 0 Å². The SMILES string of the molecule is CC(C)(C)CC(=O)Nc1ccc([N+](=O)[O-])cc1Cl. The first-order chi connectivity index (χ1) is 8.19. The summed E-state index contributed by atoms with van der Waals surface area (Å²) in [5.41, 5.74) is 0.155. The molecule has 0 unspecified atom stereocenters. The van der Waals surface area contributed by atoms with Gasteiger partial charge in [-0.25, -0.2) is 0 Å². The van der Waals surface area contributed by atoms with Crippen molar-refractivity contribution in [1.29, 1.82) is 0 Å². The molecule has 0 saturated carbocycles. The highest BCUT2D eigenvalue weighted by Gasteiger charge is 2.17. The number of hydrogen-bond acceptors (Lipinski definition) is 3. The molecule has 6 heteroatoms. The highest BCUT2D eigenvalue weighted by Crippen LogP contribution is 2.27. The van der Waals surface area contributed by atoms with Gasteiger partial charge in [-0.2, -0.15) is 0 Å². The molecular formula is C12H15ClN2O3. The van der Waals surface area contributed by atoms with Crippen molar-refractivity contribution in [3.8, 4) is 0 Å². The summed E-state index contributed by atoms with van der Waals surface area (Å²) in [6.07, 6.45) is 0.348. The van der Waals surface area contributed by atoms with Crippen LogP contribution in [0.5, 0.6) is 0 Å². The van der Waals surface area contributed by atoms with Crippen LogP contribution in [0.1, 0.15) is 27.2 Å². The maximum absolute atomic E-state index is 11.7. The van der Waals surface area contributed by atoms with E-state index in [-0.39, 0.29) is 22.0 Å². The summed E-state index contributed by atoms with van der Waals surface area (Å²) in [5, 5.41) is 13.3. The predicted molar refractivity (Wildman–Crippen MR) is 70.8 cm³/mol. The van der Waals surface area contributed by atoms with Gasteiger partial charge in [0.05, 0.1) is 15.6 Å². The number of rotatable bonds is 3. The third kappa shape index (κ3) is 4.33. The Balaban J connectivity index is 2.80. The van der Waals surface area contributed by atoms with Gasteiger partial charge >= 0.3 is 0 Å². The number of non-ortho nitro benzene ring substituents is 1. The molecule has 0 aliphatic heterocycles. The summed E-state index contributed by atoms with van der Waals surface area (Å²) in [4.78, 5) is 21.7. The Morgan fingerprint density at radius 3 is 2.50 bits per heavy atom. The largest absolute Gasteiger partial charge is 0.325 e. The molecule has 0 fully saturated rings. The van der Waals surface area contributed by atoms with Crippen LogP contribution in [0.15, 0.2) is 18.2 Å². The molecule has 0 bridgehead atoms. The number of nitro benzene ring substituents is 1. The van der Waals surface area contributed by atoms with E-state index in [1.54, 1.807) is 0 Å². The molecule has 1 aromatic carbocycles. The maximum atomic E-state index is 11.7. The minimum atomic E-state index is -0.535. The van der Waals surface area contributed by atoms with E-state index in [4.69, 9.17) is 11.6 Å². The molecule has 1 rings (SSSR count). The van der Waals surface area contributed by atoms with E-state index in [0.717, 1.165) is 0 Å². The molecule has 18 heavy (non-hydrogen) atoms. The van der Waals surface area contributed by atoms with Gasteiger partial charge in [0.25, 0.3) is 5.69 Å². The summed E-state index contributed by atoms with van der Waals surface area (Å²) in [7, 11) is 0. The van der Waals surface area contributed by atoms with Gasteiger partial charge < -0.3 is 5.32 Å².